The van der Waals surface area contributed by atoms with Gasteiger partial charge in [-0.1, -0.05) is 235 Å². The van der Waals surface area contributed by atoms with Gasteiger partial charge in [0.1, 0.15) is 24.0 Å². The second-order valence-electron chi connectivity index (χ2n) is 26.6. The van der Waals surface area contributed by atoms with E-state index in [0.717, 1.165) is 62.2 Å². The lowest BCUT2D eigenvalue weighted by molar-refractivity contribution is 0.479. The lowest BCUT2D eigenvalue weighted by Crippen LogP contribution is -2.75. The molecule has 9 aromatic carbocycles. The summed E-state index contributed by atoms with van der Waals surface area (Å²) >= 11 is 0. The maximum Gasteiger partial charge on any atom is 0.185 e. The van der Waals surface area contributed by atoms with Crippen LogP contribution in [-0.4, -0.2) is 19.7 Å². The highest BCUT2D eigenvalue weighted by molar-refractivity contribution is 7.23. The lowest BCUT2D eigenvalue weighted by atomic mass is 9.78. The van der Waals surface area contributed by atoms with Gasteiger partial charge in [-0.25, -0.2) is 4.98 Å². The average Bonchev–Trinajstić information content (AvgIpc) is 1.58. The Kier molecular flexibility index (Phi) is 11.1. The van der Waals surface area contributed by atoms with E-state index in [2.05, 4.69) is 262 Å². The first-order chi connectivity index (χ1) is 41.2. The van der Waals surface area contributed by atoms with Crippen molar-refractivity contribution in [1.29, 1.82) is 0 Å². The van der Waals surface area contributed by atoms with Gasteiger partial charge in [-0.15, -0.1) is 0 Å². The molecule has 0 amide bonds. The van der Waals surface area contributed by atoms with E-state index < -0.39 is 14.1 Å². The first-order valence-corrected chi connectivity index (χ1v) is 30.8. The number of aromatic nitrogens is 1. The van der Waals surface area contributed by atoms with Crippen LogP contribution in [0, 0.1) is 0 Å². The van der Waals surface area contributed by atoms with Crippen LogP contribution in [0.15, 0.2) is 218 Å². The van der Waals surface area contributed by atoms with Crippen molar-refractivity contribution in [2.24, 2.45) is 0 Å². The number of hydrogen-bond acceptors (Lipinski definition) is 5. The second-order valence-corrected chi connectivity index (χ2v) is 30.2. The Bertz CT molecular complexity index is 4380. The second kappa shape index (κ2) is 19.3. The van der Waals surface area contributed by atoms with Crippen molar-refractivity contribution >= 4 is 68.8 Å². The Balaban J connectivity index is 1.01. The molecule has 1 unspecified atom stereocenters. The molecule has 3 aliphatic rings. The summed E-state index contributed by atoms with van der Waals surface area (Å²) in [5.74, 6) is 2.24. The van der Waals surface area contributed by atoms with Crippen molar-refractivity contribution in [3.63, 3.8) is 0 Å². The van der Waals surface area contributed by atoms with Gasteiger partial charge in [-0.3, -0.25) is 4.90 Å². The fourth-order valence-electron chi connectivity index (χ4n) is 12.7. The summed E-state index contributed by atoms with van der Waals surface area (Å²) in [7, 11) is -2.94. The molecule has 5 nitrogen and oxygen atoms in total. The number of benzene rings is 9. The molecule has 408 valence electrons. The van der Waals surface area contributed by atoms with Crippen LogP contribution in [-0.2, 0) is 21.7 Å². The zero-order valence-electron chi connectivity index (χ0n) is 54.3. The zero-order valence-corrected chi connectivity index (χ0v) is 50.3. The Morgan fingerprint density at radius 3 is 1.67 bits per heavy atom. The number of fused-ring (bicyclic) bond motifs is 6. The Labute approximate surface area is 494 Å². The molecule has 1 atom stereocenters. The molecule has 0 aliphatic carbocycles. The van der Waals surface area contributed by atoms with Crippen LogP contribution in [0.3, 0.4) is 0 Å². The van der Waals surface area contributed by atoms with Crippen molar-refractivity contribution < 1.29 is 11.6 Å². The number of para-hydroxylation sites is 4. The minimum absolute atomic E-state index is 0.119. The van der Waals surface area contributed by atoms with E-state index in [-0.39, 0.29) is 51.4 Å². The van der Waals surface area contributed by atoms with Crippen LogP contribution in [0.2, 0.25) is 0 Å². The third kappa shape index (κ3) is 8.85. The SMILES string of the molecule is [2H]c1c([2H])c([2H])c(-c2cccc(-c3cc(C(C)(C)C)cc(C(C)(C)C)c3)c2N2CN(c3cc(Oc4cc5c6c(c4)N(c4cc(C(C)(C)C)ccn4)c4ccccc4[Si]6(c4ccccc4)c4ccccc4-5)cc(C(C)(C)C)c3)c3ccccc32)c([2H])c1[2H]. The highest BCUT2D eigenvalue weighted by Crippen LogP contribution is 2.53. The molecular formula is C76H74N4OSi. The standard InChI is InChI=1S/C76H74N4OSi/c1-73(2,3)52-38-39-77-70(45-52)80-66-35-22-24-37-69(66)82(59-28-17-14-18-29-59)68-36-23-19-30-62(68)63-47-58(48-67(80)72(63)82)81-57-44-55(76(10,11)12)43-56(46-57)78-49-79(65-34-21-20-33-64(65)78)71-60(50-26-15-13-16-27-50)31-25-32-61(71)51-40-53(74(4,5)6)42-54(41-51)75(7,8)9/h13-48H,49H2,1-12H3/i13D,15D,16D,26D,27D. The van der Waals surface area contributed by atoms with Crippen LogP contribution >= 0.6 is 0 Å². The maximum atomic E-state index is 9.43. The number of hydrogen-bond donors (Lipinski definition) is 0. The molecule has 0 fully saturated rings. The van der Waals surface area contributed by atoms with Crippen LogP contribution in [0.25, 0.3) is 33.4 Å². The van der Waals surface area contributed by atoms with Crippen molar-refractivity contribution in [3.05, 3.63) is 241 Å². The molecule has 10 aromatic rings. The third-order valence-corrected chi connectivity index (χ3v) is 22.0. The summed E-state index contributed by atoms with van der Waals surface area (Å²) in [5, 5.41) is 5.33. The minimum atomic E-state index is -2.94. The van der Waals surface area contributed by atoms with Crippen LogP contribution in [0.5, 0.6) is 11.5 Å². The Morgan fingerprint density at radius 2 is 1.00 bits per heavy atom. The topological polar surface area (TPSA) is 31.8 Å². The van der Waals surface area contributed by atoms with Gasteiger partial charge >= 0.3 is 0 Å². The van der Waals surface area contributed by atoms with Gasteiger partial charge in [0.15, 0.2) is 8.07 Å². The fraction of sp³-hybridized carbons (Fsp3) is 0.224. The molecule has 0 saturated carbocycles. The number of ether oxygens (including phenoxy) is 1. The van der Waals surface area contributed by atoms with Gasteiger partial charge in [-0.2, -0.15) is 0 Å². The van der Waals surface area contributed by atoms with E-state index in [1.807, 2.05) is 24.4 Å². The largest absolute Gasteiger partial charge is 0.457 e. The summed E-state index contributed by atoms with van der Waals surface area (Å²) in [5.41, 5.74) is 14.5. The smallest absolute Gasteiger partial charge is 0.185 e. The average molecular weight is 1090 g/mol. The van der Waals surface area contributed by atoms with Gasteiger partial charge in [-0.05, 0) is 135 Å². The lowest BCUT2D eigenvalue weighted by Gasteiger charge is -2.43. The normalized spacial score (nSPS) is 16.3. The van der Waals surface area contributed by atoms with Crippen molar-refractivity contribution in [1.82, 2.24) is 4.98 Å². The molecule has 0 N–H and O–H groups in total. The molecule has 0 saturated heterocycles. The van der Waals surface area contributed by atoms with Crippen molar-refractivity contribution in [3.8, 4) is 44.9 Å². The Hall–Kier alpha value is -8.45. The Morgan fingerprint density at radius 1 is 0.439 bits per heavy atom. The quantitative estimate of drug-likeness (QED) is 0.142. The molecule has 6 heteroatoms. The summed E-state index contributed by atoms with van der Waals surface area (Å²) < 4.78 is 52.8. The van der Waals surface area contributed by atoms with Crippen molar-refractivity contribution in [2.45, 2.75) is 105 Å². The molecule has 0 spiro atoms. The van der Waals surface area contributed by atoms with E-state index in [0.29, 0.717) is 23.7 Å². The third-order valence-electron chi connectivity index (χ3n) is 17.0. The van der Waals surface area contributed by atoms with E-state index in [1.165, 1.54) is 43.0 Å². The number of rotatable bonds is 8. The van der Waals surface area contributed by atoms with E-state index in [9.17, 15) is 2.74 Å². The summed E-state index contributed by atoms with van der Waals surface area (Å²) in [6.07, 6.45) is 1.95. The number of pyridine rings is 1. The van der Waals surface area contributed by atoms with Crippen LogP contribution in [0.4, 0.5) is 39.9 Å². The molecule has 0 radical (unpaired) electrons. The molecule has 0 bridgehead atoms. The molecule has 13 rings (SSSR count). The molecule has 4 heterocycles. The summed E-state index contributed by atoms with van der Waals surface area (Å²) in [4.78, 5) is 12.2. The maximum absolute atomic E-state index is 9.43. The van der Waals surface area contributed by atoms with E-state index in [1.54, 1.807) is 0 Å². The van der Waals surface area contributed by atoms with Gasteiger partial charge in [0.05, 0.1) is 29.6 Å². The predicted octanol–water partition coefficient (Wildman–Crippen LogP) is 17.8. The van der Waals surface area contributed by atoms with Gasteiger partial charge in [0.2, 0.25) is 0 Å². The monoisotopic (exact) mass is 1090 g/mol. The van der Waals surface area contributed by atoms with Gasteiger partial charge in [0.25, 0.3) is 0 Å². The van der Waals surface area contributed by atoms with Crippen LogP contribution < -0.4 is 40.2 Å². The van der Waals surface area contributed by atoms with Crippen LogP contribution in [0.1, 0.15) is 112 Å². The van der Waals surface area contributed by atoms with Gasteiger partial charge < -0.3 is 14.5 Å². The van der Waals surface area contributed by atoms with Crippen molar-refractivity contribution in [2.75, 3.05) is 21.4 Å². The fourth-order valence-corrected chi connectivity index (χ4v) is 18.2. The predicted molar refractivity (Wildman–Crippen MR) is 349 cm³/mol. The number of anilines is 7. The van der Waals surface area contributed by atoms with Gasteiger partial charge in [0, 0.05) is 40.8 Å². The summed E-state index contributed by atoms with van der Waals surface area (Å²) in [6, 6.07) is 64.2. The number of nitrogens with zero attached hydrogens (tertiary/aromatic N) is 4. The van der Waals surface area contributed by atoms with E-state index in [4.69, 9.17) is 13.8 Å². The highest BCUT2D eigenvalue weighted by atomic mass is 28.3. The highest BCUT2D eigenvalue weighted by Gasteiger charge is 2.55. The van der Waals surface area contributed by atoms with E-state index >= 15 is 0 Å². The molecule has 3 aliphatic heterocycles. The summed E-state index contributed by atoms with van der Waals surface area (Å²) in [6.45, 7) is 27.2. The molecule has 82 heavy (non-hydrogen) atoms. The zero-order chi connectivity index (χ0) is 61.4. The minimum Gasteiger partial charge on any atom is -0.457 e. The molecule has 1 aromatic heterocycles. The first-order valence-electron chi connectivity index (χ1n) is 31.3. The first kappa shape index (κ1) is 47.2. The molecular weight excluding hydrogens is 1010 g/mol.